The molecule has 4 heteroatoms. The SMILES string of the molecule is CC(=O)O[C@H]1CC[C@@]2(C)[C@@H](CC[C@]3(C)[C@]2(C)CC[C@@H]2C4=C(C(C)C)C(=O)C[C@]4(C=O)CC[C@]23C)C1(C)C. The van der Waals surface area contributed by atoms with Crippen LogP contribution >= 0.6 is 0 Å². The zero-order valence-corrected chi connectivity index (χ0v) is 24.9. The van der Waals surface area contributed by atoms with Gasteiger partial charge in [-0.05, 0) is 102 Å². The highest BCUT2D eigenvalue weighted by Gasteiger charge is 2.74. The van der Waals surface area contributed by atoms with Crippen molar-refractivity contribution in [2.45, 2.75) is 126 Å². The number of ether oxygens (including phenoxy) is 1. The van der Waals surface area contributed by atoms with Gasteiger partial charge in [-0.2, -0.15) is 0 Å². The molecule has 8 atom stereocenters. The van der Waals surface area contributed by atoms with Crippen molar-refractivity contribution in [2.24, 2.45) is 50.2 Å². The van der Waals surface area contributed by atoms with Crippen LogP contribution < -0.4 is 0 Å². The summed E-state index contributed by atoms with van der Waals surface area (Å²) >= 11 is 0. The van der Waals surface area contributed by atoms with Crippen molar-refractivity contribution in [2.75, 3.05) is 0 Å². The molecule has 4 nitrogen and oxygen atoms in total. The summed E-state index contributed by atoms with van der Waals surface area (Å²) < 4.78 is 5.91. The largest absolute Gasteiger partial charge is 0.462 e. The van der Waals surface area contributed by atoms with E-state index < -0.39 is 5.41 Å². The predicted molar refractivity (Wildman–Crippen MR) is 146 cm³/mol. The van der Waals surface area contributed by atoms with E-state index in [1.54, 1.807) is 6.92 Å². The minimum absolute atomic E-state index is 0.0194. The van der Waals surface area contributed by atoms with E-state index in [-0.39, 0.29) is 50.8 Å². The number of allylic oxidation sites excluding steroid dienone is 2. The third-order valence-corrected chi connectivity index (χ3v) is 13.9. The molecule has 5 rings (SSSR count). The number of hydrogen-bond donors (Lipinski definition) is 0. The van der Waals surface area contributed by atoms with Gasteiger partial charge in [-0.3, -0.25) is 9.59 Å². The minimum atomic E-state index is -0.559. The molecule has 0 amide bonds. The molecule has 5 aliphatic rings. The fourth-order valence-corrected chi connectivity index (χ4v) is 11.6. The van der Waals surface area contributed by atoms with E-state index in [1.807, 2.05) is 0 Å². The number of rotatable bonds is 3. The summed E-state index contributed by atoms with van der Waals surface area (Å²) in [7, 11) is 0. The average Bonchev–Trinajstić information content (AvgIpc) is 3.10. The van der Waals surface area contributed by atoms with E-state index in [0.29, 0.717) is 18.3 Å². The summed E-state index contributed by atoms with van der Waals surface area (Å²) in [6, 6.07) is 0. The third-order valence-electron chi connectivity index (χ3n) is 13.9. The zero-order valence-electron chi connectivity index (χ0n) is 24.9. The molecule has 37 heavy (non-hydrogen) atoms. The third kappa shape index (κ3) is 3.11. The molecule has 4 fully saturated rings. The van der Waals surface area contributed by atoms with Crippen LogP contribution in [0.3, 0.4) is 0 Å². The molecule has 0 unspecified atom stereocenters. The fraction of sp³-hybridized carbons (Fsp3) is 0.848. The summed E-state index contributed by atoms with van der Waals surface area (Å²) in [6.45, 7) is 20.7. The Labute approximate surface area is 224 Å². The molecule has 0 N–H and O–H groups in total. The van der Waals surface area contributed by atoms with Crippen LogP contribution in [0.15, 0.2) is 11.1 Å². The Hall–Kier alpha value is -1.45. The molecule has 0 spiro atoms. The molecular formula is C33H50O4. The van der Waals surface area contributed by atoms with Gasteiger partial charge in [0.05, 0.1) is 5.41 Å². The van der Waals surface area contributed by atoms with E-state index in [1.165, 1.54) is 5.57 Å². The molecule has 0 aromatic carbocycles. The summed E-state index contributed by atoms with van der Waals surface area (Å²) in [6.07, 6.45) is 9.86. The van der Waals surface area contributed by atoms with E-state index in [2.05, 4.69) is 55.4 Å². The Morgan fingerprint density at radius 2 is 1.51 bits per heavy atom. The summed E-state index contributed by atoms with van der Waals surface area (Å²) in [5, 5.41) is 0. The molecule has 0 radical (unpaired) electrons. The van der Waals surface area contributed by atoms with E-state index in [9.17, 15) is 14.4 Å². The van der Waals surface area contributed by atoms with Crippen LogP contribution in [0.25, 0.3) is 0 Å². The van der Waals surface area contributed by atoms with Crippen molar-refractivity contribution in [1.82, 2.24) is 0 Å². The Balaban J connectivity index is 1.61. The second kappa shape index (κ2) is 8.04. The molecule has 0 aromatic heterocycles. The van der Waals surface area contributed by atoms with Gasteiger partial charge >= 0.3 is 5.97 Å². The van der Waals surface area contributed by atoms with Gasteiger partial charge in [0.1, 0.15) is 12.4 Å². The highest BCUT2D eigenvalue weighted by Crippen LogP contribution is 2.80. The number of carbonyl (C=O) groups is 3. The second-order valence-corrected chi connectivity index (χ2v) is 15.5. The lowest BCUT2D eigenvalue weighted by molar-refractivity contribution is -0.277. The molecular weight excluding hydrogens is 460 g/mol. The number of fused-ring (bicyclic) bond motifs is 7. The van der Waals surface area contributed by atoms with Crippen molar-refractivity contribution in [1.29, 1.82) is 0 Å². The van der Waals surface area contributed by atoms with Gasteiger partial charge in [0, 0.05) is 18.8 Å². The highest BCUT2D eigenvalue weighted by molar-refractivity contribution is 6.03. The first-order valence-corrected chi connectivity index (χ1v) is 15.0. The second-order valence-electron chi connectivity index (χ2n) is 15.5. The maximum absolute atomic E-state index is 13.3. The van der Waals surface area contributed by atoms with Gasteiger partial charge in [-0.25, -0.2) is 0 Å². The molecule has 0 bridgehead atoms. The minimum Gasteiger partial charge on any atom is -0.462 e. The van der Waals surface area contributed by atoms with Crippen LogP contribution in [-0.4, -0.2) is 24.1 Å². The van der Waals surface area contributed by atoms with E-state index in [0.717, 1.165) is 63.2 Å². The normalized spacial score (nSPS) is 48.6. The molecule has 0 aliphatic heterocycles. The summed E-state index contributed by atoms with van der Waals surface area (Å²) in [4.78, 5) is 37.9. The summed E-state index contributed by atoms with van der Waals surface area (Å²) in [5.41, 5.74) is 2.04. The van der Waals surface area contributed by atoms with Gasteiger partial charge in [0.25, 0.3) is 0 Å². The molecule has 5 aliphatic carbocycles. The van der Waals surface area contributed by atoms with Gasteiger partial charge in [-0.15, -0.1) is 0 Å². The van der Waals surface area contributed by atoms with E-state index in [4.69, 9.17) is 4.74 Å². The average molecular weight is 511 g/mol. The number of aldehydes is 1. The first-order valence-electron chi connectivity index (χ1n) is 15.0. The van der Waals surface area contributed by atoms with Crippen molar-refractivity contribution in [3.05, 3.63) is 11.1 Å². The van der Waals surface area contributed by atoms with Gasteiger partial charge in [0.15, 0.2) is 5.78 Å². The van der Waals surface area contributed by atoms with Gasteiger partial charge in [-0.1, -0.05) is 55.4 Å². The molecule has 206 valence electrons. The predicted octanol–water partition coefficient (Wildman–Crippen LogP) is 7.49. The van der Waals surface area contributed by atoms with Crippen LogP contribution in [0, 0.1) is 50.2 Å². The molecule has 0 heterocycles. The van der Waals surface area contributed by atoms with Crippen LogP contribution in [0.4, 0.5) is 0 Å². The lowest BCUT2D eigenvalue weighted by Gasteiger charge is -2.76. The van der Waals surface area contributed by atoms with Crippen LogP contribution in [0.1, 0.15) is 120 Å². The number of hydrogen-bond acceptors (Lipinski definition) is 4. The van der Waals surface area contributed by atoms with E-state index >= 15 is 0 Å². The number of esters is 1. The maximum atomic E-state index is 13.3. The first kappa shape index (κ1) is 27.1. The fourth-order valence-electron chi connectivity index (χ4n) is 11.6. The first-order chi connectivity index (χ1) is 17.0. The van der Waals surface area contributed by atoms with Crippen molar-refractivity contribution in [3.63, 3.8) is 0 Å². The smallest absolute Gasteiger partial charge is 0.302 e. The molecule has 4 saturated carbocycles. The number of ketones is 1. The van der Waals surface area contributed by atoms with Crippen LogP contribution in [0.2, 0.25) is 0 Å². The topological polar surface area (TPSA) is 60.4 Å². The molecule has 0 saturated heterocycles. The molecule has 0 aromatic rings. The number of Topliss-reactive ketones (excluding diaryl/α,β-unsaturated/α-hetero) is 1. The van der Waals surface area contributed by atoms with Crippen molar-refractivity contribution < 1.29 is 19.1 Å². The Morgan fingerprint density at radius 1 is 0.892 bits per heavy atom. The van der Waals surface area contributed by atoms with Gasteiger partial charge < -0.3 is 9.53 Å². The monoisotopic (exact) mass is 510 g/mol. The standard InChI is InChI=1S/C33H50O4/c1-20(2)26-23(36)18-33(19-34)17-16-29(6)22(27(26)33)10-14-32(9)30(7)13-12-25(37-21(3)35)28(4,5)24(30)11-15-31(29,32)8/h19-20,22,24-25H,10-18H2,1-9H3/t22-,24+,25+,29-,30+,31+,32-,33+/m1/s1. The quantitative estimate of drug-likeness (QED) is 0.291. The zero-order chi connectivity index (χ0) is 27.4. The van der Waals surface area contributed by atoms with Crippen molar-refractivity contribution >= 4 is 18.0 Å². The van der Waals surface area contributed by atoms with Crippen molar-refractivity contribution in [3.8, 4) is 0 Å². The number of carbonyl (C=O) groups excluding carboxylic acids is 3. The lowest BCUT2D eigenvalue weighted by Crippen LogP contribution is -2.70. The van der Waals surface area contributed by atoms with Crippen LogP contribution in [0.5, 0.6) is 0 Å². The Morgan fingerprint density at radius 3 is 2.11 bits per heavy atom. The maximum Gasteiger partial charge on any atom is 0.302 e. The summed E-state index contributed by atoms with van der Waals surface area (Å²) in [5.74, 6) is 1.02. The lowest BCUT2D eigenvalue weighted by atomic mass is 9.28. The van der Waals surface area contributed by atoms with Crippen LogP contribution in [-0.2, 0) is 19.1 Å². The van der Waals surface area contributed by atoms with Gasteiger partial charge in [0.2, 0.25) is 0 Å². The highest BCUT2D eigenvalue weighted by atomic mass is 16.5. The Kier molecular flexibility index (Phi) is 5.89. The Bertz CT molecular complexity index is 1070.